The normalized spacial score (nSPS) is 20.4. The van der Waals surface area contributed by atoms with E-state index in [2.05, 4.69) is 34.0 Å². The van der Waals surface area contributed by atoms with Crippen LogP contribution in [0.2, 0.25) is 10.0 Å². The number of aromatic nitrogens is 2. The van der Waals surface area contributed by atoms with Crippen molar-refractivity contribution in [3.8, 4) is 0 Å². The highest BCUT2D eigenvalue weighted by molar-refractivity contribution is 6.33. The maximum Gasteiger partial charge on any atom is 0.251 e. The largest absolute Gasteiger partial charge is 0.370 e. The Morgan fingerprint density at radius 2 is 1.90 bits per heavy atom. The first-order chi connectivity index (χ1) is 14.3. The Labute approximate surface area is 186 Å². The van der Waals surface area contributed by atoms with E-state index >= 15 is 0 Å². The van der Waals surface area contributed by atoms with Crippen molar-refractivity contribution in [3.05, 3.63) is 57.8 Å². The van der Waals surface area contributed by atoms with Crippen LogP contribution in [0, 0.1) is 11.8 Å². The fraction of sp³-hybridized carbons (Fsp3) is 0.391. The summed E-state index contributed by atoms with van der Waals surface area (Å²) >= 11 is 12.6. The van der Waals surface area contributed by atoms with Crippen molar-refractivity contribution in [2.45, 2.75) is 33.2 Å². The number of aromatic amines is 1. The lowest BCUT2D eigenvalue weighted by Crippen LogP contribution is -2.38. The van der Waals surface area contributed by atoms with Crippen LogP contribution >= 0.6 is 23.2 Å². The number of halogens is 2. The minimum absolute atomic E-state index is 0.185. The molecule has 1 aliphatic rings. The molecular formula is C23H26Cl2N4O. The number of fused-ring (bicyclic) bond motifs is 1. The maximum atomic E-state index is 12.8. The highest BCUT2D eigenvalue weighted by Crippen LogP contribution is 2.32. The van der Waals surface area contributed by atoms with Gasteiger partial charge in [-0.1, -0.05) is 37.0 Å². The Balaban J connectivity index is 1.48. The lowest BCUT2D eigenvalue weighted by molar-refractivity contribution is 0.0938. The molecule has 0 saturated carbocycles. The van der Waals surface area contributed by atoms with Crippen molar-refractivity contribution in [2.75, 3.05) is 18.0 Å². The molecule has 5 nitrogen and oxygen atoms in total. The minimum atomic E-state index is -0.286. The molecule has 0 spiro atoms. The van der Waals surface area contributed by atoms with Crippen LogP contribution in [0.15, 0.2) is 36.4 Å². The minimum Gasteiger partial charge on any atom is -0.370 e. The van der Waals surface area contributed by atoms with E-state index in [1.165, 1.54) is 6.42 Å². The number of amides is 1. The van der Waals surface area contributed by atoms with Gasteiger partial charge in [0, 0.05) is 23.7 Å². The number of benzene rings is 2. The van der Waals surface area contributed by atoms with Crippen molar-refractivity contribution in [1.29, 1.82) is 0 Å². The SMILES string of the molecule is CC1CC(C)CN(c2ccc(C(=O)N[C@@H](C)c3nc4ccc(Cl)cc4[nH]3)cc2Cl)C1. The van der Waals surface area contributed by atoms with E-state index < -0.39 is 0 Å². The average molecular weight is 445 g/mol. The van der Waals surface area contributed by atoms with Crippen LogP contribution in [0.3, 0.4) is 0 Å². The Bertz CT molecular complexity index is 1070. The van der Waals surface area contributed by atoms with Crippen molar-refractivity contribution >= 4 is 45.8 Å². The number of anilines is 1. The molecule has 2 N–H and O–H groups in total. The van der Waals surface area contributed by atoms with E-state index in [0.717, 1.165) is 29.8 Å². The standard InChI is InChI=1S/C23H26Cl2N4O/c1-13-8-14(2)12-29(11-13)21-7-4-16(9-18(21)25)23(30)26-15(3)22-27-19-6-5-17(24)10-20(19)28-22/h4-7,9-10,13-15H,8,11-12H2,1-3H3,(H,26,30)(H,27,28)/t13?,14?,15-/m0/s1. The number of hydrogen-bond donors (Lipinski definition) is 2. The molecule has 1 aromatic heterocycles. The number of carbonyl (C=O) groups excluding carboxylic acids is 1. The second kappa shape index (κ2) is 8.48. The van der Waals surface area contributed by atoms with Crippen molar-refractivity contribution in [3.63, 3.8) is 0 Å². The molecule has 30 heavy (non-hydrogen) atoms. The quantitative estimate of drug-likeness (QED) is 0.530. The zero-order chi connectivity index (χ0) is 21.4. The van der Waals surface area contributed by atoms with Gasteiger partial charge < -0.3 is 15.2 Å². The number of piperidine rings is 1. The lowest BCUT2D eigenvalue weighted by atomic mass is 9.91. The van der Waals surface area contributed by atoms with Crippen LogP contribution in [0.4, 0.5) is 5.69 Å². The molecule has 4 rings (SSSR count). The molecule has 0 aliphatic carbocycles. The van der Waals surface area contributed by atoms with Crippen LogP contribution in [0.5, 0.6) is 0 Å². The van der Waals surface area contributed by atoms with Gasteiger partial charge in [0.15, 0.2) is 0 Å². The first kappa shape index (κ1) is 21.0. The molecule has 7 heteroatoms. The van der Waals surface area contributed by atoms with E-state index in [-0.39, 0.29) is 11.9 Å². The Hall–Kier alpha value is -2.24. The molecule has 3 atom stereocenters. The molecule has 0 radical (unpaired) electrons. The van der Waals surface area contributed by atoms with E-state index in [1.807, 2.05) is 31.2 Å². The number of nitrogens with one attached hydrogen (secondary N) is 2. The monoisotopic (exact) mass is 444 g/mol. The molecule has 2 heterocycles. The fourth-order valence-electron chi connectivity index (χ4n) is 4.32. The van der Waals surface area contributed by atoms with Gasteiger partial charge in [-0.2, -0.15) is 0 Å². The third-order valence-electron chi connectivity index (χ3n) is 5.64. The van der Waals surface area contributed by atoms with E-state index in [4.69, 9.17) is 23.2 Å². The molecular weight excluding hydrogens is 419 g/mol. The number of rotatable bonds is 4. The van der Waals surface area contributed by atoms with Gasteiger partial charge in [0.2, 0.25) is 0 Å². The molecule has 158 valence electrons. The van der Waals surface area contributed by atoms with Gasteiger partial charge in [-0.15, -0.1) is 0 Å². The molecule has 1 fully saturated rings. The molecule has 1 saturated heterocycles. The van der Waals surface area contributed by atoms with Gasteiger partial charge in [-0.05, 0) is 61.6 Å². The summed E-state index contributed by atoms with van der Waals surface area (Å²) < 4.78 is 0. The van der Waals surface area contributed by atoms with Crippen LogP contribution < -0.4 is 10.2 Å². The smallest absolute Gasteiger partial charge is 0.251 e. The molecule has 1 aliphatic heterocycles. The predicted octanol–water partition coefficient (Wildman–Crippen LogP) is 5.84. The molecule has 0 bridgehead atoms. The first-order valence-corrected chi connectivity index (χ1v) is 11.1. The number of nitrogens with zero attached hydrogens (tertiary/aromatic N) is 2. The molecule has 3 aromatic rings. The van der Waals surface area contributed by atoms with E-state index in [1.54, 1.807) is 12.1 Å². The summed E-state index contributed by atoms with van der Waals surface area (Å²) in [4.78, 5) is 22.9. The Morgan fingerprint density at radius 3 is 2.60 bits per heavy atom. The number of hydrogen-bond acceptors (Lipinski definition) is 3. The third-order valence-corrected chi connectivity index (χ3v) is 6.18. The fourth-order valence-corrected chi connectivity index (χ4v) is 4.79. The summed E-state index contributed by atoms with van der Waals surface area (Å²) in [7, 11) is 0. The van der Waals surface area contributed by atoms with Gasteiger partial charge in [-0.25, -0.2) is 4.98 Å². The zero-order valence-electron chi connectivity index (χ0n) is 17.4. The molecule has 2 aromatic carbocycles. The number of imidazole rings is 1. The van der Waals surface area contributed by atoms with E-state index in [9.17, 15) is 4.79 Å². The van der Waals surface area contributed by atoms with Crippen molar-refractivity contribution < 1.29 is 4.79 Å². The summed E-state index contributed by atoms with van der Waals surface area (Å²) in [5.74, 6) is 1.76. The summed E-state index contributed by atoms with van der Waals surface area (Å²) in [5.41, 5.74) is 3.19. The zero-order valence-corrected chi connectivity index (χ0v) is 18.9. The number of carbonyl (C=O) groups is 1. The van der Waals surface area contributed by atoms with Gasteiger partial charge in [0.05, 0.1) is 27.8 Å². The lowest BCUT2D eigenvalue weighted by Gasteiger charge is -2.37. The van der Waals surface area contributed by atoms with Crippen molar-refractivity contribution in [1.82, 2.24) is 15.3 Å². The van der Waals surface area contributed by atoms with E-state index in [0.29, 0.717) is 33.3 Å². The summed E-state index contributed by atoms with van der Waals surface area (Å²) in [6.45, 7) is 8.41. The van der Waals surface area contributed by atoms with Gasteiger partial charge in [0.1, 0.15) is 5.82 Å². The third kappa shape index (κ3) is 4.42. The molecule has 1 amide bonds. The Kier molecular flexibility index (Phi) is 5.94. The maximum absolute atomic E-state index is 12.8. The second-order valence-corrected chi connectivity index (χ2v) is 9.34. The topological polar surface area (TPSA) is 61.0 Å². The summed E-state index contributed by atoms with van der Waals surface area (Å²) in [6.07, 6.45) is 1.24. The van der Waals surface area contributed by atoms with Crippen LogP contribution in [0.25, 0.3) is 11.0 Å². The average Bonchev–Trinajstić information content (AvgIpc) is 3.10. The second-order valence-electron chi connectivity index (χ2n) is 8.50. The highest BCUT2D eigenvalue weighted by atomic mass is 35.5. The van der Waals surface area contributed by atoms with Crippen LogP contribution in [-0.2, 0) is 0 Å². The summed E-state index contributed by atoms with van der Waals surface area (Å²) in [5, 5.41) is 4.24. The molecule has 2 unspecified atom stereocenters. The van der Waals surface area contributed by atoms with Crippen molar-refractivity contribution in [2.24, 2.45) is 11.8 Å². The first-order valence-electron chi connectivity index (χ1n) is 10.3. The Morgan fingerprint density at radius 1 is 1.17 bits per heavy atom. The van der Waals surface area contributed by atoms with Gasteiger partial charge in [-0.3, -0.25) is 4.79 Å². The van der Waals surface area contributed by atoms with Gasteiger partial charge in [0.25, 0.3) is 5.91 Å². The summed E-state index contributed by atoms with van der Waals surface area (Å²) in [6, 6.07) is 10.7. The predicted molar refractivity (Wildman–Crippen MR) is 124 cm³/mol. The highest BCUT2D eigenvalue weighted by Gasteiger charge is 2.24. The van der Waals surface area contributed by atoms with Gasteiger partial charge >= 0.3 is 0 Å². The van der Waals surface area contributed by atoms with Crippen LogP contribution in [0.1, 0.15) is 49.4 Å². The number of H-pyrrole nitrogens is 1. The van der Waals surface area contributed by atoms with Crippen LogP contribution in [-0.4, -0.2) is 29.0 Å².